The van der Waals surface area contributed by atoms with Gasteiger partial charge < -0.3 is 45.7 Å². The van der Waals surface area contributed by atoms with E-state index < -0.39 is 46.9 Å². The zero-order chi connectivity index (χ0) is 59.3. The maximum Gasteiger partial charge on any atom is 0.410 e. The molecule has 0 bridgehead atoms. The number of rotatable bonds is 14. The SMILES string of the molecule is CN(CCC(=O)OCc1cc(F)c(F)cc1-c1ccc2nc(N)nc(C(=O)N3Cc4ccccc4C3)c2c1)C(=O)OC(C)(C)C.CNCCC(=O)OCc1cc(F)c(F)cc1-c1ccc2nc(N)nc(C(=O)N3Cc4ccccc4C3)c2c1. The fourth-order valence-corrected chi connectivity index (χ4v) is 9.54. The van der Waals surface area contributed by atoms with Crippen LogP contribution in [0.3, 0.4) is 0 Å². The first kappa shape index (κ1) is 58.1. The summed E-state index contributed by atoms with van der Waals surface area (Å²) in [5, 5.41) is 3.64. The number of carbonyl (C=O) groups is 5. The first-order valence-corrected chi connectivity index (χ1v) is 26.4. The standard InChI is InChI=1S/C33H33F2N5O5.C28H25F2N5O3/c1-33(2,3)45-32(43)39(4)12-11-28(41)44-18-22-14-25(34)26(35)15-23(22)19-9-10-27-24(13-19)29(38-31(36)37-27)30(42)40-16-20-7-5-6-8-21(20)17-40;1-32-9-8-25(36)38-15-19-11-22(29)23(30)12-20(19)16-6-7-24-21(10-16)26(34-28(31)33-24)27(37)35-13-17-4-2-3-5-18(17)14-35/h5-10,13-15H,11-12,16-18H2,1-4H3,(H2,36,37,38);2-7,10-12,32H,8-9,13-15H2,1H3,(H2,31,33,34). The lowest BCUT2D eigenvalue weighted by molar-refractivity contribution is -0.145. The summed E-state index contributed by atoms with van der Waals surface area (Å²) in [5.41, 5.74) is 18.3. The van der Waals surface area contributed by atoms with E-state index in [-0.39, 0.29) is 84.4 Å². The highest BCUT2D eigenvalue weighted by Gasteiger charge is 2.30. The van der Waals surface area contributed by atoms with Gasteiger partial charge in [0, 0.05) is 68.2 Å². The summed E-state index contributed by atoms with van der Waals surface area (Å²) in [6, 6.07) is 29.4. The van der Waals surface area contributed by atoms with Crippen molar-refractivity contribution < 1.29 is 55.7 Å². The quantitative estimate of drug-likeness (QED) is 0.0522. The van der Waals surface area contributed by atoms with Crippen LogP contribution in [0.4, 0.5) is 34.3 Å². The molecule has 10 rings (SSSR count). The molecule has 0 spiro atoms. The molecular weight excluding hydrogens is 1080 g/mol. The van der Waals surface area contributed by atoms with Gasteiger partial charge in [0.25, 0.3) is 11.8 Å². The van der Waals surface area contributed by atoms with E-state index in [1.807, 2.05) is 48.5 Å². The highest BCUT2D eigenvalue weighted by atomic mass is 19.2. The average molecular weight is 1140 g/mol. The second-order valence-corrected chi connectivity index (χ2v) is 20.9. The van der Waals surface area contributed by atoms with Crippen molar-refractivity contribution >= 4 is 63.5 Å². The van der Waals surface area contributed by atoms with Crippen LogP contribution in [-0.2, 0) is 63.2 Å². The molecule has 2 aliphatic rings. The van der Waals surface area contributed by atoms with Gasteiger partial charge in [-0.15, -0.1) is 0 Å². The molecule has 5 N–H and O–H groups in total. The minimum absolute atomic E-state index is 0.0328. The van der Waals surface area contributed by atoms with Crippen molar-refractivity contribution in [1.29, 1.82) is 0 Å². The first-order chi connectivity index (χ1) is 39.6. The predicted molar refractivity (Wildman–Crippen MR) is 300 cm³/mol. The Kier molecular flexibility index (Phi) is 17.3. The maximum absolute atomic E-state index is 14.5. The molecule has 0 aliphatic carbocycles. The van der Waals surface area contributed by atoms with Crippen LogP contribution in [0, 0.1) is 23.3 Å². The van der Waals surface area contributed by atoms with E-state index in [0.29, 0.717) is 71.2 Å². The van der Waals surface area contributed by atoms with Crippen molar-refractivity contribution in [3.8, 4) is 22.3 Å². The molecule has 428 valence electrons. The first-order valence-electron chi connectivity index (χ1n) is 26.4. The molecule has 0 fully saturated rings. The number of aromatic nitrogens is 4. The summed E-state index contributed by atoms with van der Waals surface area (Å²) in [7, 11) is 3.20. The highest BCUT2D eigenvalue weighted by molar-refractivity contribution is 6.07. The Morgan fingerprint density at radius 3 is 1.37 bits per heavy atom. The summed E-state index contributed by atoms with van der Waals surface area (Å²) in [5.74, 6) is -6.24. The Morgan fingerprint density at radius 1 is 0.578 bits per heavy atom. The molecule has 83 heavy (non-hydrogen) atoms. The molecule has 0 atom stereocenters. The third kappa shape index (κ3) is 13.6. The molecule has 18 nitrogen and oxygen atoms in total. The molecule has 8 aromatic rings. The number of esters is 2. The summed E-state index contributed by atoms with van der Waals surface area (Å²) >= 11 is 0. The second kappa shape index (κ2) is 24.7. The van der Waals surface area contributed by atoms with Crippen molar-refractivity contribution in [2.45, 2.75) is 78.6 Å². The van der Waals surface area contributed by atoms with Crippen LogP contribution >= 0.6 is 0 Å². The number of benzene rings is 6. The lowest BCUT2D eigenvalue weighted by atomic mass is 9.97. The van der Waals surface area contributed by atoms with E-state index in [2.05, 4.69) is 25.3 Å². The number of fused-ring (bicyclic) bond motifs is 4. The van der Waals surface area contributed by atoms with E-state index in [1.54, 1.807) is 74.0 Å². The molecule has 22 heteroatoms. The maximum atomic E-state index is 14.5. The van der Waals surface area contributed by atoms with Crippen LogP contribution in [0.15, 0.2) is 109 Å². The Morgan fingerprint density at radius 2 is 0.976 bits per heavy atom. The number of carbonyl (C=O) groups excluding carboxylic acids is 5. The van der Waals surface area contributed by atoms with E-state index >= 15 is 0 Å². The third-order valence-electron chi connectivity index (χ3n) is 13.7. The number of nitrogen functional groups attached to an aromatic ring is 2. The Labute approximate surface area is 474 Å². The van der Waals surface area contributed by atoms with Gasteiger partial charge in [-0.05, 0) is 121 Å². The molecule has 4 heterocycles. The molecular formula is C61H58F4N10O8. The van der Waals surface area contributed by atoms with Crippen molar-refractivity contribution in [3.63, 3.8) is 0 Å². The molecule has 0 saturated heterocycles. The number of nitrogens with zero attached hydrogens (tertiary/aromatic N) is 7. The molecule has 0 unspecified atom stereocenters. The molecule has 3 amide bonds. The van der Waals surface area contributed by atoms with Crippen LogP contribution in [0.25, 0.3) is 44.1 Å². The zero-order valence-electron chi connectivity index (χ0n) is 46.0. The molecule has 2 aliphatic heterocycles. The van der Waals surface area contributed by atoms with Crippen molar-refractivity contribution in [1.82, 2.24) is 40.0 Å². The summed E-state index contributed by atoms with van der Waals surface area (Å²) in [4.78, 5) is 85.5. The van der Waals surface area contributed by atoms with E-state index in [1.165, 1.54) is 11.9 Å². The van der Waals surface area contributed by atoms with Crippen LogP contribution in [0.1, 0.15) is 88.0 Å². The van der Waals surface area contributed by atoms with Gasteiger partial charge in [-0.2, -0.15) is 0 Å². The number of hydrogen-bond donors (Lipinski definition) is 3. The smallest absolute Gasteiger partial charge is 0.410 e. The minimum Gasteiger partial charge on any atom is -0.461 e. The van der Waals surface area contributed by atoms with Gasteiger partial charge in [-0.25, -0.2) is 42.3 Å². The number of hydrogen-bond acceptors (Lipinski definition) is 15. The van der Waals surface area contributed by atoms with Crippen LogP contribution in [0.5, 0.6) is 0 Å². The predicted octanol–water partition coefficient (Wildman–Crippen LogP) is 9.58. The summed E-state index contributed by atoms with van der Waals surface area (Å²) in [6.07, 6.45) is -0.599. The van der Waals surface area contributed by atoms with Gasteiger partial charge in [-0.3, -0.25) is 19.2 Å². The Hall–Kier alpha value is -9.57. The number of nitrogens with one attached hydrogen (secondary N) is 1. The number of amides is 3. The molecule has 6 aromatic carbocycles. The van der Waals surface area contributed by atoms with Gasteiger partial charge in [0.1, 0.15) is 30.2 Å². The number of anilines is 2. The topological polar surface area (TPSA) is 238 Å². The van der Waals surface area contributed by atoms with Gasteiger partial charge in [-0.1, -0.05) is 60.7 Å². The van der Waals surface area contributed by atoms with Gasteiger partial charge >= 0.3 is 18.0 Å². The van der Waals surface area contributed by atoms with E-state index in [0.717, 1.165) is 46.5 Å². The van der Waals surface area contributed by atoms with Crippen LogP contribution in [0.2, 0.25) is 0 Å². The number of nitrogens with two attached hydrogens (primary N) is 2. The van der Waals surface area contributed by atoms with Crippen LogP contribution in [-0.4, -0.2) is 97.3 Å². The summed E-state index contributed by atoms with van der Waals surface area (Å²) < 4.78 is 73.3. The zero-order valence-corrected chi connectivity index (χ0v) is 46.0. The van der Waals surface area contributed by atoms with E-state index in [9.17, 15) is 41.5 Å². The van der Waals surface area contributed by atoms with Crippen molar-refractivity contribution in [3.05, 3.63) is 177 Å². The van der Waals surface area contributed by atoms with E-state index in [4.69, 9.17) is 25.7 Å². The minimum atomic E-state index is -1.11. The lowest BCUT2D eigenvalue weighted by Gasteiger charge is -2.24. The fraction of sp³-hybridized carbons (Fsp3) is 0.262. The number of halogens is 4. The van der Waals surface area contributed by atoms with Crippen molar-refractivity contribution in [2.24, 2.45) is 0 Å². The average Bonchev–Trinajstić information content (AvgIpc) is 2.72. The third-order valence-corrected chi connectivity index (χ3v) is 13.7. The monoisotopic (exact) mass is 1130 g/mol. The van der Waals surface area contributed by atoms with Gasteiger partial charge in [0.05, 0.1) is 23.9 Å². The largest absolute Gasteiger partial charge is 0.461 e. The molecule has 0 saturated carbocycles. The lowest BCUT2D eigenvalue weighted by Crippen LogP contribution is -2.35. The normalized spacial score (nSPS) is 12.6. The Bertz CT molecular complexity index is 3810. The number of ether oxygens (including phenoxy) is 3. The molecule has 0 radical (unpaired) electrons. The van der Waals surface area contributed by atoms with Gasteiger partial charge in [0.15, 0.2) is 23.3 Å². The Balaban J connectivity index is 0.000000202. The highest BCUT2D eigenvalue weighted by Crippen LogP contribution is 2.35. The van der Waals surface area contributed by atoms with Gasteiger partial charge in [0.2, 0.25) is 11.9 Å². The van der Waals surface area contributed by atoms with Crippen molar-refractivity contribution in [2.75, 3.05) is 38.7 Å². The molecule has 2 aromatic heterocycles. The summed E-state index contributed by atoms with van der Waals surface area (Å²) in [6.45, 7) is 6.74. The fourth-order valence-electron chi connectivity index (χ4n) is 9.54. The second-order valence-electron chi connectivity index (χ2n) is 20.9. The van der Waals surface area contributed by atoms with Crippen LogP contribution < -0.4 is 16.8 Å².